The van der Waals surface area contributed by atoms with Crippen LogP contribution in [0.2, 0.25) is 5.02 Å². The Morgan fingerprint density at radius 1 is 1.08 bits per heavy atom. The van der Waals surface area contributed by atoms with Crippen molar-refractivity contribution in [2.75, 3.05) is 18.7 Å². The van der Waals surface area contributed by atoms with Crippen LogP contribution in [0.4, 0.5) is 5.69 Å². The van der Waals surface area contributed by atoms with E-state index < -0.39 is 0 Å². The van der Waals surface area contributed by atoms with Crippen molar-refractivity contribution in [3.8, 4) is 17.2 Å². The van der Waals surface area contributed by atoms with Crippen LogP contribution in [0.5, 0.6) is 17.2 Å². The molecule has 1 atom stereocenters. The van der Waals surface area contributed by atoms with E-state index in [0.29, 0.717) is 34.2 Å². The Kier molecular flexibility index (Phi) is 4.20. The number of nitrogens with one attached hydrogen (secondary N) is 1. The molecule has 2 aliphatic rings. The average molecular weight is 374 g/mol. The zero-order valence-corrected chi connectivity index (χ0v) is 14.8. The highest BCUT2D eigenvalue weighted by molar-refractivity contribution is 6.30. The van der Waals surface area contributed by atoms with E-state index in [4.69, 9.17) is 25.8 Å². The zero-order valence-electron chi connectivity index (χ0n) is 14.0. The van der Waals surface area contributed by atoms with Gasteiger partial charge >= 0.3 is 0 Å². The van der Waals surface area contributed by atoms with Crippen LogP contribution in [-0.2, 0) is 11.2 Å². The number of amides is 1. The molecule has 26 heavy (non-hydrogen) atoms. The van der Waals surface area contributed by atoms with E-state index in [1.807, 2.05) is 0 Å². The third-order valence-corrected chi connectivity index (χ3v) is 4.68. The molecule has 0 radical (unpaired) electrons. The van der Waals surface area contributed by atoms with Crippen LogP contribution < -0.4 is 19.5 Å². The van der Waals surface area contributed by atoms with Crippen molar-refractivity contribution in [3.63, 3.8) is 0 Å². The summed E-state index contributed by atoms with van der Waals surface area (Å²) in [6.07, 6.45) is 0.516. The number of carbonyl (C=O) groups excluding carboxylic acids is 2. The van der Waals surface area contributed by atoms with Crippen molar-refractivity contribution >= 4 is 29.0 Å². The fourth-order valence-electron chi connectivity index (χ4n) is 3.10. The number of anilines is 1. The van der Waals surface area contributed by atoms with E-state index >= 15 is 0 Å². The van der Waals surface area contributed by atoms with Crippen molar-refractivity contribution in [1.82, 2.24) is 0 Å². The number of Topliss-reactive ketones (excluding diaryl/α,β-unsaturated/α-hetero) is 1. The van der Waals surface area contributed by atoms with Crippen LogP contribution in [0.1, 0.15) is 22.8 Å². The standard InChI is InChI=1S/C19H16ClNO5/c1-10(22)14-6-17-18(26-9-25-17)7-15(14)21-19(23)12-4-11-5-13(20)2-3-16(11)24-8-12/h2-3,5-7,12H,4,8-9H2,1H3,(H,21,23). The number of hydrogen-bond donors (Lipinski definition) is 1. The molecule has 0 bridgehead atoms. The quantitative estimate of drug-likeness (QED) is 0.834. The van der Waals surface area contributed by atoms with Gasteiger partial charge in [-0.3, -0.25) is 9.59 Å². The molecule has 4 rings (SSSR count). The number of benzene rings is 2. The molecule has 6 nitrogen and oxygen atoms in total. The van der Waals surface area contributed by atoms with Gasteiger partial charge in [-0.15, -0.1) is 0 Å². The molecular weight excluding hydrogens is 358 g/mol. The molecule has 0 aromatic heterocycles. The minimum atomic E-state index is -0.383. The lowest BCUT2D eigenvalue weighted by molar-refractivity contribution is -0.121. The second-order valence-corrected chi connectivity index (χ2v) is 6.70. The second-order valence-electron chi connectivity index (χ2n) is 6.26. The Morgan fingerprint density at radius 3 is 2.62 bits per heavy atom. The molecular formula is C19H16ClNO5. The molecule has 0 aliphatic carbocycles. The van der Waals surface area contributed by atoms with Crippen LogP contribution >= 0.6 is 11.6 Å². The first-order chi connectivity index (χ1) is 12.5. The van der Waals surface area contributed by atoms with Gasteiger partial charge in [0.15, 0.2) is 17.3 Å². The van der Waals surface area contributed by atoms with Gasteiger partial charge in [0.2, 0.25) is 12.7 Å². The fourth-order valence-corrected chi connectivity index (χ4v) is 3.30. The molecule has 1 unspecified atom stereocenters. The number of hydrogen-bond acceptors (Lipinski definition) is 5. The van der Waals surface area contributed by atoms with Crippen LogP contribution in [0.25, 0.3) is 0 Å². The van der Waals surface area contributed by atoms with Gasteiger partial charge in [0, 0.05) is 16.7 Å². The van der Waals surface area contributed by atoms with E-state index in [9.17, 15) is 9.59 Å². The van der Waals surface area contributed by atoms with Crippen LogP contribution in [0, 0.1) is 5.92 Å². The van der Waals surface area contributed by atoms with Gasteiger partial charge < -0.3 is 19.5 Å². The summed E-state index contributed by atoms with van der Waals surface area (Å²) in [6.45, 7) is 1.80. The summed E-state index contributed by atoms with van der Waals surface area (Å²) in [6, 6.07) is 8.57. The topological polar surface area (TPSA) is 73.9 Å². The summed E-state index contributed by atoms with van der Waals surface area (Å²) in [5.74, 6) is 0.963. The van der Waals surface area contributed by atoms with E-state index in [2.05, 4.69) is 5.32 Å². The highest BCUT2D eigenvalue weighted by Crippen LogP contribution is 2.38. The maximum atomic E-state index is 12.7. The maximum Gasteiger partial charge on any atom is 0.231 e. The highest BCUT2D eigenvalue weighted by atomic mass is 35.5. The van der Waals surface area contributed by atoms with Crippen molar-refractivity contribution in [1.29, 1.82) is 0 Å². The highest BCUT2D eigenvalue weighted by Gasteiger charge is 2.28. The van der Waals surface area contributed by atoms with Crippen molar-refractivity contribution in [3.05, 3.63) is 46.5 Å². The summed E-state index contributed by atoms with van der Waals surface area (Å²) in [4.78, 5) is 24.7. The molecule has 2 aliphatic heterocycles. The molecule has 0 saturated carbocycles. The van der Waals surface area contributed by atoms with E-state index in [1.165, 1.54) is 6.92 Å². The van der Waals surface area contributed by atoms with E-state index in [-0.39, 0.29) is 31.0 Å². The Morgan fingerprint density at radius 2 is 1.85 bits per heavy atom. The zero-order chi connectivity index (χ0) is 18.3. The molecule has 1 N–H and O–H groups in total. The monoisotopic (exact) mass is 373 g/mol. The first-order valence-electron chi connectivity index (χ1n) is 8.18. The minimum absolute atomic E-state index is 0.0953. The fraction of sp³-hybridized carbons (Fsp3) is 0.263. The summed E-state index contributed by atoms with van der Waals surface area (Å²) >= 11 is 6.02. The third kappa shape index (κ3) is 3.08. The summed E-state index contributed by atoms with van der Waals surface area (Å²) < 4.78 is 16.3. The largest absolute Gasteiger partial charge is 0.492 e. The molecule has 0 fully saturated rings. The van der Waals surface area contributed by atoms with E-state index in [0.717, 1.165) is 11.3 Å². The van der Waals surface area contributed by atoms with Gasteiger partial charge in [-0.25, -0.2) is 0 Å². The van der Waals surface area contributed by atoms with Gasteiger partial charge in [-0.2, -0.15) is 0 Å². The van der Waals surface area contributed by atoms with Crippen molar-refractivity contribution in [2.24, 2.45) is 5.92 Å². The molecule has 2 aromatic rings. The number of fused-ring (bicyclic) bond motifs is 2. The summed E-state index contributed by atoms with van der Waals surface area (Å²) in [5, 5.41) is 3.43. The predicted octanol–water partition coefficient (Wildman–Crippen LogP) is 3.46. The smallest absolute Gasteiger partial charge is 0.231 e. The van der Waals surface area contributed by atoms with Crippen LogP contribution in [0.15, 0.2) is 30.3 Å². The number of halogens is 1. The van der Waals surface area contributed by atoms with Gasteiger partial charge in [-0.05, 0) is 43.2 Å². The lowest BCUT2D eigenvalue weighted by atomic mass is 9.95. The Balaban J connectivity index is 1.56. The minimum Gasteiger partial charge on any atom is -0.492 e. The predicted molar refractivity (Wildman–Crippen MR) is 95.3 cm³/mol. The first-order valence-corrected chi connectivity index (χ1v) is 8.56. The molecule has 134 valence electrons. The molecule has 1 amide bonds. The molecule has 0 spiro atoms. The van der Waals surface area contributed by atoms with Crippen LogP contribution in [0.3, 0.4) is 0 Å². The van der Waals surface area contributed by atoms with Gasteiger partial charge in [-0.1, -0.05) is 11.6 Å². The number of rotatable bonds is 3. The molecule has 7 heteroatoms. The number of carbonyl (C=O) groups is 2. The molecule has 2 aromatic carbocycles. The van der Waals surface area contributed by atoms with Crippen LogP contribution in [-0.4, -0.2) is 25.1 Å². The lowest BCUT2D eigenvalue weighted by Gasteiger charge is -2.25. The second kappa shape index (κ2) is 6.53. The van der Waals surface area contributed by atoms with Crippen molar-refractivity contribution in [2.45, 2.75) is 13.3 Å². The van der Waals surface area contributed by atoms with Gasteiger partial charge in [0.05, 0.1) is 11.6 Å². The summed E-state index contributed by atoms with van der Waals surface area (Å²) in [5.41, 5.74) is 1.67. The maximum absolute atomic E-state index is 12.7. The Bertz CT molecular complexity index is 911. The average Bonchev–Trinajstić information content (AvgIpc) is 3.07. The lowest BCUT2D eigenvalue weighted by Crippen LogP contribution is -2.33. The number of ether oxygens (including phenoxy) is 3. The Hall–Kier alpha value is -2.73. The molecule has 2 heterocycles. The number of ketones is 1. The molecule has 0 saturated heterocycles. The summed E-state index contributed by atoms with van der Waals surface area (Å²) in [7, 11) is 0. The Labute approximate surface area is 155 Å². The third-order valence-electron chi connectivity index (χ3n) is 4.45. The van der Waals surface area contributed by atoms with E-state index in [1.54, 1.807) is 30.3 Å². The van der Waals surface area contributed by atoms with Gasteiger partial charge in [0.1, 0.15) is 12.4 Å². The SMILES string of the molecule is CC(=O)c1cc2c(cc1NC(=O)C1COc3ccc(Cl)cc3C1)OCO2. The van der Waals surface area contributed by atoms with Crippen molar-refractivity contribution < 1.29 is 23.8 Å². The normalized spacial score (nSPS) is 17.2. The van der Waals surface area contributed by atoms with Gasteiger partial charge in [0.25, 0.3) is 0 Å². The first kappa shape index (κ1) is 16.7.